The Labute approximate surface area is 162 Å². The molecule has 0 aromatic heterocycles. The minimum absolute atomic E-state index is 0.0504. The monoisotopic (exact) mass is 397 g/mol. The number of para-hydroxylation sites is 1. The summed E-state index contributed by atoms with van der Waals surface area (Å²) in [6.45, 7) is 0.849. The maximum atomic E-state index is 12.9. The molecule has 1 aliphatic carbocycles. The highest BCUT2D eigenvalue weighted by molar-refractivity contribution is 5.92. The smallest absolute Gasteiger partial charge is 0.335 e. The molecule has 1 saturated heterocycles. The highest BCUT2D eigenvalue weighted by Crippen LogP contribution is 2.37. The van der Waals surface area contributed by atoms with Crippen LogP contribution in [0.1, 0.15) is 38.5 Å². The maximum absolute atomic E-state index is 12.9. The molecule has 2 N–H and O–H groups in total. The van der Waals surface area contributed by atoms with Crippen molar-refractivity contribution >= 4 is 17.6 Å². The molecule has 2 fully saturated rings. The van der Waals surface area contributed by atoms with Crippen LogP contribution >= 0.6 is 0 Å². The van der Waals surface area contributed by atoms with Gasteiger partial charge in [-0.15, -0.1) is 0 Å². The summed E-state index contributed by atoms with van der Waals surface area (Å²) in [6.07, 6.45) is -1.98. The lowest BCUT2D eigenvalue weighted by Gasteiger charge is -2.35. The fraction of sp³-hybridized carbons (Fsp3) is 0.600. The second-order valence-electron chi connectivity index (χ2n) is 7.67. The molecular formula is C20H26F3N3O2. The molecule has 1 saturated carbocycles. The van der Waals surface area contributed by atoms with Crippen molar-refractivity contribution in [3.8, 4) is 0 Å². The molecule has 2 aliphatic rings. The van der Waals surface area contributed by atoms with Crippen LogP contribution in [-0.2, 0) is 4.79 Å². The van der Waals surface area contributed by atoms with Gasteiger partial charge >= 0.3 is 12.2 Å². The molecular weight excluding hydrogens is 371 g/mol. The molecule has 2 unspecified atom stereocenters. The average Bonchev–Trinajstić information content (AvgIpc) is 2.68. The molecule has 0 bridgehead atoms. The number of alkyl halides is 3. The highest BCUT2D eigenvalue weighted by atomic mass is 19.4. The van der Waals surface area contributed by atoms with Crippen LogP contribution in [0.15, 0.2) is 30.3 Å². The Hall–Kier alpha value is -2.25. The van der Waals surface area contributed by atoms with Crippen molar-refractivity contribution in [2.45, 2.75) is 50.7 Å². The first-order valence-corrected chi connectivity index (χ1v) is 9.81. The maximum Gasteiger partial charge on any atom is 0.391 e. The van der Waals surface area contributed by atoms with Crippen LogP contribution in [0.3, 0.4) is 0 Å². The molecule has 154 valence electrons. The van der Waals surface area contributed by atoms with Crippen molar-refractivity contribution in [1.82, 2.24) is 10.2 Å². The number of anilines is 1. The molecule has 3 amide bonds. The van der Waals surface area contributed by atoms with E-state index in [4.69, 9.17) is 0 Å². The number of halogens is 3. The van der Waals surface area contributed by atoms with E-state index in [-0.39, 0.29) is 30.7 Å². The molecule has 3 rings (SSSR count). The molecule has 28 heavy (non-hydrogen) atoms. The summed E-state index contributed by atoms with van der Waals surface area (Å²) in [5, 5.41) is 5.64. The Morgan fingerprint density at radius 2 is 1.68 bits per heavy atom. The molecule has 8 heteroatoms. The fourth-order valence-corrected chi connectivity index (χ4v) is 3.99. The molecule has 1 aliphatic heterocycles. The lowest BCUT2D eigenvalue weighted by molar-refractivity contribution is -0.183. The third-order valence-corrected chi connectivity index (χ3v) is 5.66. The quantitative estimate of drug-likeness (QED) is 0.804. The third kappa shape index (κ3) is 5.39. The Balaban J connectivity index is 1.44. The van der Waals surface area contributed by atoms with E-state index >= 15 is 0 Å². The topological polar surface area (TPSA) is 61.4 Å². The van der Waals surface area contributed by atoms with Crippen molar-refractivity contribution < 1.29 is 22.8 Å². The Morgan fingerprint density at radius 3 is 2.32 bits per heavy atom. The second kappa shape index (κ2) is 8.84. The standard InChI is InChI=1S/C20H26F3N3O2/c21-20(22,23)15-5-4-8-17(13-15)25-19(28)26-11-9-14(10-12-26)18(27)24-16-6-2-1-3-7-16/h1-3,6-7,14-15,17H,4-5,8-13H2,(H,24,27)(H,25,28). The number of likely N-dealkylation sites (tertiary alicyclic amines) is 1. The average molecular weight is 397 g/mol. The van der Waals surface area contributed by atoms with Crippen molar-refractivity contribution in [1.29, 1.82) is 0 Å². The van der Waals surface area contributed by atoms with E-state index < -0.39 is 18.1 Å². The van der Waals surface area contributed by atoms with Crippen LogP contribution in [-0.4, -0.2) is 42.1 Å². The SMILES string of the molecule is O=C(Nc1ccccc1)C1CCN(C(=O)NC2CCCC(C(F)(F)F)C2)CC1. The van der Waals surface area contributed by atoms with E-state index in [0.717, 1.165) is 5.69 Å². The molecule has 0 radical (unpaired) electrons. The van der Waals surface area contributed by atoms with Crippen LogP contribution in [0.2, 0.25) is 0 Å². The summed E-state index contributed by atoms with van der Waals surface area (Å²) in [5.74, 6) is -1.57. The van der Waals surface area contributed by atoms with E-state index in [0.29, 0.717) is 38.8 Å². The predicted molar refractivity (Wildman–Crippen MR) is 99.7 cm³/mol. The minimum atomic E-state index is -4.20. The number of piperidine rings is 1. The Kier molecular flexibility index (Phi) is 6.46. The van der Waals surface area contributed by atoms with E-state index in [2.05, 4.69) is 10.6 Å². The van der Waals surface area contributed by atoms with Gasteiger partial charge < -0.3 is 15.5 Å². The Bertz CT molecular complexity index is 673. The zero-order chi connectivity index (χ0) is 20.1. The van der Waals surface area contributed by atoms with E-state index in [1.807, 2.05) is 30.3 Å². The first kappa shape index (κ1) is 20.5. The molecule has 0 spiro atoms. The summed E-state index contributed by atoms with van der Waals surface area (Å²) in [4.78, 5) is 26.4. The highest BCUT2D eigenvalue weighted by Gasteiger charge is 2.42. The number of benzene rings is 1. The van der Waals surface area contributed by atoms with Gasteiger partial charge in [-0.3, -0.25) is 4.79 Å². The lowest BCUT2D eigenvalue weighted by Crippen LogP contribution is -2.50. The number of hydrogen-bond acceptors (Lipinski definition) is 2. The normalized spacial score (nSPS) is 23.9. The summed E-state index contributed by atoms with van der Waals surface area (Å²) in [6, 6.07) is 8.43. The number of amides is 3. The molecule has 1 aromatic carbocycles. The number of carbonyl (C=O) groups excluding carboxylic acids is 2. The fourth-order valence-electron chi connectivity index (χ4n) is 3.99. The first-order valence-electron chi connectivity index (χ1n) is 9.81. The van der Waals surface area contributed by atoms with Gasteiger partial charge in [0.15, 0.2) is 0 Å². The largest absolute Gasteiger partial charge is 0.391 e. The summed E-state index contributed by atoms with van der Waals surface area (Å²) in [5.41, 5.74) is 0.740. The Morgan fingerprint density at radius 1 is 1.00 bits per heavy atom. The van der Waals surface area contributed by atoms with Crippen LogP contribution in [0.25, 0.3) is 0 Å². The number of urea groups is 1. The number of nitrogens with one attached hydrogen (secondary N) is 2. The van der Waals surface area contributed by atoms with E-state index in [9.17, 15) is 22.8 Å². The van der Waals surface area contributed by atoms with Gasteiger partial charge in [-0.1, -0.05) is 24.6 Å². The molecule has 1 aromatic rings. The summed E-state index contributed by atoms with van der Waals surface area (Å²) in [7, 11) is 0. The molecule has 1 heterocycles. The number of hydrogen-bond donors (Lipinski definition) is 2. The van der Waals surface area contributed by atoms with Gasteiger partial charge in [-0.25, -0.2) is 4.79 Å². The van der Waals surface area contributed by atoms with Gasteiger partial charge in [0, 0.05) is 30.7 Å². The van der Waals surface area contributed by atoms with Crippen LogP contribution in [0.5, 0.6) is 0 Å². The first-order chi connectivity index (χ1) is 13.3. The van der Waals surface area contributed by atoms with Crippen molar-refractivity contribution in [2.24, 2.45) is 11.8 Å². The zero-order valence-electron chi connectivity index (χ0n) is 15.7. The number of rotatable bonds is 3. The second-order valence-corrected chi connectivity index (χ2v) is 7.67. The van der Waals surface area contributed by atoms with Gasteiger partial charge in [0.05, 0.1) is 5.92 Å². The summed E-state index contributed by atoms with van der Waals surface area (Å²) < 4.78 is 38.8. The van der Waals surface area contributed by atoms with Gasteiger partial charge in [-0.2, -0.15) is 13.2 Å². The van der Waals surface area contributed by atoms with E-state index in [1.54, 1.807) is 4.90 Å². The van der Waals surface area contributed by atoms with E-state index in [1.165, 1.54) is 0 Å². The molecule has 2 atom stereocenters. The predicted octanol–water partition coefficient (Wildman–Crippen LogP) is 4.17. The van der Waals surface area contributed by atoms with Crippen LogP contribution in [0.4, 0.5) is 23.7 Å². The molecule has 5 nitrogen and oxygen atoms in total. The number of carbonyl (C=O) groups is 2. The third-order valence-electron chi connectivity index (χ3n) is 5.66. The zero-order valence-corrected chi connectivity index (χ0v) is 15.7. The lowest BCUT2D eigenvalue weighted by atomic mass is 9.85. The van der Waals surface area contributed by atoms with Crippen LogP contribution < -0.4 is 10.6 Å². The van der Waals surface area contributed by atoms with Gasteiger partial charge in [0.2, 0.25) is 5.91 Å². The van der Waals surface area contributed by atoms with Gasteiger partial charge in [-0.05, 0) is 44.2 Å². The summed E-state index contributed by atoms with van der Waals surface area (Å²) >= 11 is 0. The van der Waals surface area contributed by atoms with Crippen molar-refractivity contribution in [3.05, 3.63) is 30.3 Å². The van der Waals surface area contributed by atoms with Gasteiger partial charge in [0.1, 0.15) is 0 Å². The van der Waals surface area contributed by atoms with Crippen molar-refractivity contribution in [3.63, 3.8) is 0 Å². The minimum Gasteiger partial charge on any atom is -0.335 e. The number of nitrogens with zero attached hydrogens (tertiary/aromatic N) is 1. The van der Waals surface area contributed by atoms with Crippen molar-refractivity contribution in [2.75, 3.05) is 18.4 Å². The van der Waals surface area contributed by atoms with Gasteiger partial charge in [0.25, 0.3) is 0 Å². The van der Waals surface area contributed by atoms with Crippen LogP contribution in [0, 0.1) is 11.8 Å².